The number of rotatable bonds is 14. The highest BCUT2D eigenvalue weighted by molar-refractivity contribution is 5.91. The Balaban J connectivity index is 1.89. The van der Waals surface area contributed by atoms with Gasteiger partial charge in [-0.3, -0.25) is 14.4 Å². The largest absolute Gasteiger partial charge is 0.508 e. The van der Waals surface area contributed by atoms with E-state index < -0.39 is 18.0 Å². The average Bonchev–Trinajstić information content (AvgIpc) is 2.87. The summed E-state index contributed by atoms with van der Waals surface area (Å²) in [6.45, 7) is 4.91. The molecular formula is C28H41FN5O4+. The fraction of sp³-hybridized carbons (Fsp3) is 0.464. The molecule has 5 N–H and O–H groups in total. The number of hydrogen-bond acceptors (Lipinski definition) is 5. The number of hydrogen-bond donors (Lipinski definition) is 5. The van der Waals surface area contributed by atoms with Crippen LogP contribution < -0.4 is 21.3 Å². The Morgan fingerprint density at radius 1 is 0.921 bits per heavy atom. The van der Waals surface area contributed by atoms with E-state index in [2.05, 4.69) is 42.3 Å². The molecular weight excluding hydrogens is 489 g/mol. The zero-order valence-corrected chi connectivity index (χ0v) is 22.9. The molecule has 0 bridgehead atoms. The van der Waals surface area contributed by atoms with Crippen LogP contribution in [0, 0.1) is 5.82 Å². The molecule has 0 fully saturated rings. The number of phenolic OH excluding ortho intramolecular Hbond substituents is 1. The number of aromatic hydroxyl groups is 1. The lowest BCUT2D eigenvalue weighted by molar-refractivity contribution is -0.889. The second-order valence-corrected chi connectivity index (χ2v) is 10.2. The van der Waals surface area contributed by atoms with Gasteiger partial charge in [-0.15, -0.1) is 0 Å². The number of phenols is 1. The monoisotopic (exact) mass is 530 g/mol. The van der Waals surface area contributed by atoms with Gasteiger partial charge in [-0.2, -0.15) is 0 Å². The van der Waals surface area contributed by atoms with Crippen LogP contribution in [-0.2, 0) is 27.2 Å². The molecule has 0 saturated carbocycles. The lowest BCUT2D eigenvalue weighted by Gasteiger charge is -2.33. The number of quaternary nitrogens is 1. The molecule has 0 saturated heterocycles. The first-order valence-electron chi connectivity index (χ1n) is 12.8. The molecule has 3 atom stereocenters. The molecule has 208 valence electrons. The van der Waals surface area contributed by atoms with Crippen LogP contribution in [0.4, 0.5) is 4.39 Å². The Labute approximate surface area is 224 Å². The summed E-state index contributed by atoms with van der Waals surface area (Å²) < 4.78 is 14.0. The Hall–Kier alpha value is -3.50. The van der Waals surface area contributed by atoms with E-state index in [0.717, 1.165) is 17.7 Å². The third-order valence-electron chi connectivity index (χ3n) is 6.55. The molecule has 2 rings (SSSR count). The van der Waals surface area contributed by atoms with Crippen LogP contribution in [0.1, 0.15) is 25.0 Å². The summed E-state index contributed by atoms with van der Waals surface area (Å²) in [5.74, 6) is -1.35. The van der Waals surface area contributed by atoms with E-state index in [1.807, 2.05) is 0 Å². The molecule has 38 heavy (non-hydrogen) atoms. The van der Waals surface area contributed by atoms with E-state index in [1.54, 1.807) is 50.4 Å². The van der Waals surface area contributed by atoms with Gasteiger partial charge in [0, 0.05) is 0 Å². The maximum absolute atomic E-state index is 13.3. The standard InChI is InChI=1S/C28H40FN5O4/c1-6-34(4,5)18-23(15-20-7-11-22(29)12-8-20)33-26(36)17-31-27(37)19(2)32-28(38)25(30-3)16-21-9-13-24(35)14-10-21/h7-14,19,23,25,30H,6,15-18H2,1-5H3,(H3-,31,32,33,35,36,37,38)/p+1/t19-,23?,25+/m1/s1. The third-order valence-corrected chi connectivity index (χ3v) is 6.55. The third kappa shape index (κ3) is 10.5. The van der Waals surface area contributed by atoms with Crippen molar-refractivity contribution in [2.45, 2.75) is 44.8 Å². The second-order valence-electron chi connectivity index (χ2n) is 10.2. The van der Waals surface area contributed by atoms with Gasteiger partial charge >= 0.3 is 0 Å². The number of halogens is 1. The number of nitrogens with one attached hydrogen (secondary N) is 4. The van der Waals surface area contributed by atoms with Crippen molar-refractivity contribution in [3.05, 3.63) is 65.5 Å². The summed E-state index contributed by atoms with van der Waals surface area (Å²) in [5, 5.41) is 20.6. The molecule has 0 spiro atoms. The van der Waals surface area contributed by atoms with Crippen LogP contribution in [0.2, 0.25) is 0 Å². The Kier molecular flexibility index (Phi) is 11.7. The van der Waals surface area contributed by atoms with Crippen molar-refractivity contribution in [3.8, 4) is 5.75 Å². The summed E-state index contributed by atoms with van der Waals surface area (Å²) >= 11 is 0. The van der Waals surface area contributed by atoms with E-state index in [4.69, 9.17) is 0 Å². The lowest BCUT2D eigenvalue weighted by atomic mass is 10.0. The molecule has 2 aromatic rings. The smallest absolute Gasteiger partial charge is 0.242 e. The SMILES string of the molecule is CC[N+](C)(C)CC(Cc1ccc(F)cc1)NC(=O)CNC(=O)[C@@H](C)NC(=O)[C@H](Cc1ccc(O)cc1)NC. The first-order chi connectivity index (χ1) is 17.9. The van der Waals surface area contributed by atoms with Crippen molar-refractivity contribution in [2.24, 2.45) is 0 Å². The van der Waals surface area contributed by atoms with Gasteiger partial charge in [0.15, 0.2) is 0 Å². The van der Waals surface area contributed by atoms with E-state index in [0.29, 0.717) is 23.9 Å². The van der Waals surface area contributed by atoms with Crippen LogP contribution in [-0.4, -0.2) is 86.2 Å². The van der Waals surface area contributed by atoms with E-state index in [9.17, 15) is 23.9 Å². The summed E-state index contributed by atoms with van der Waals surface area (Å²) in [6.07, 6.45) is 0.905. The molecule has 3 amide bonds. The van der Waals surface area contributed by atoms with Crippen molar-refractivity contribution >= 4 is 17.7 Å². The first-order valence-corrected chi connectivity index (χ1v) is 12.8. The van der Waals surface area contributed by atoms with Gasteiger partial charge in [0.1, 0.15) is 17.6 Å². The summed E-state index contributed by atoms with van der Waals surface area (Å²) in [6, 6.07) is 11.1. The molecule has 0 aliphatic rings. The van der Waals surface area contributed by atoms with Crippen LogP contribution >= 0.6 is 0 Å². The van der Waals surface area contributed by atoms with Gasteiger partial charge < -0.3 is 30.9 Å². The molecule has 10 heteroatoms. The van der Waals surface area contributed by atoms with E-state index in [-0.39, 0.29) is 36.0 Å². The first kappa shape index (κ1) is 30.7. The predicted octanol–water partition coefficient (Wildman–Crippen LogP) is 1.11. The van der Waals surface area contributed by atoms with Crippen LogP contribution in [0.25, 0.3) is 0 Å². The van der Waals surface area contributed by atoms with Crippen molar-refractivity contribution in [1.29, 1.82) is 0 Å². The number of amides is 3. The highest BCUT2D eigenvalue weighted by Gasteiger charge is 2.25. The Morgan fingerprint density at radius 3 is 2.08 bits per heavy atom. The highest BCUT2D eigenvalue weighted by Crippen LogP contribution is 2.12. The highest BCUT2D eigenvalue weighted by atomic mass is 19.1. The molecule has 1 unspecified atom stereocenters. The molecule has 0 aliphatic heterocycles. The molecule has 2 aromatic carbocycles. The normalized spacial score (nSPS) is 13.7. The van der Waals surface area contributed by atoms with Crippen molar-refractivity contribution in [2.75, 3.05) is 40.8 Å². The molecule has 0 aromatic heterocycles. The molecule has 0 heterocycles. The number of carbonyl (C=O) groups excluding carboxylic acids is 3. The van der Waals surface area contributed by atoms with Crippen LogP contribution in [0.5, 0.6) is 5.75 Å². The van der Waals surface area contributed by atoms with Crippen molar-refractivity contribution in [1.82, 2.24) is 21.3 Å². The van der Waals surface area contributed by atoms with Gasteiger partial charge in [0.2, 0.25) is 17.7 Å². The number of carbonyl (C=O) groups is 3. The summed E-state index contributed by atoms with van der Waals surface area (Å²) in [7, 11) is 5.78. The van der Waals surface area contributed by atoms with Crippen molar-refractivity contribution in [3.63, 3.8) is 0 Å². The zero-order valence-electron chi connectivity index (χ0n) is 22.9. The van der Waals surface area contributed by atoms with Gasteiger partial charge in [0.25, 0.3) is 0 Å². The van der Waals surface area contributed by atoms with Gasteiger partial charge in [-0.05, 0) is 69.1 Å². The molecule has 0 aliphatic carbocycles. The molecule has 9 nitrogen and oxygen atoms in total. The minimum absolute atomic E-state index is 0.142. The number of benzene rings is 2. The van der Waals surface area contributed by atoms with Gasteiger partial charge in [-0.1, -0.05) is 24.3 Å². The maximum Gasteiger partial charge on any atom is 0.242 e. The maximum atomic E-state index is 13.3. The second kappa shape index (κ2) is 14.4. The fourth-order valence-corrected chi connectivity index (χ4v) is 3.96. The van der Waals surface area contributed by atoms with Crippen molar-refractivity contribution < 1.29 is 28.4 Å². The Morgan fingerprint density at radius 2 is 1.50 bits per heavy atom. The fourth-order valence-electron chi connectivity index (χ4n) is 3.96. The molecule has 0 radical (unpaired) electrons. The average molecular weight is 531 g/mol. The quantitative estimate of drug-likeness (QED) is 0.235. The van der Waals surface area contributed by atoms with E-state index >= 15 is 0 Å². The Bertz CT molecular complexity index is 1060. The van der Waals surface area contributed by atoms with E-state index in [1.165, 1.54) is 12.1 Å². The zero-order chi connectivity index (χ0) is 28.3. The minimum Gasteiger partial charge on any atom is -0.508 e. The number of likely N-dealkylation sites (N-methyl/N-ethyl adjacent to an activating group) is 2. The number of nitrogens with zero attached hydrogens (tertiary/aromatic N) is 1. The van der Waals surface area contributed by atoms with Gasteiger partial charge in [0.05, 0.1) is 45.8 Å². The van der Waals surface area contributed by atoms with Crippen LogP contribution in [0.15, 0.2) is 48.5 Å². The topological polar surface area (TPSA) is 120 Å². The predicted molar refractivity (Wildman–Crippen MR) is 145 cm³/mol. The van der Waals surface area contributed by atoms with Gasteiger partial charge in [-0.25, -0.2) is 4.39 Å². The lowest BCUT2D eigenvalue weighted by Crippen LogP contribution is -2.55. The summed E-state index contributed by atoms with van der Waals surface area (Å²) in [5.41, 5.74) is 1.76. The van der Waals surface area contributed by atoms with Crippen LogP contribution in [0.3, 0.4) is 0 Å². The minimum atomic E-state index is -0.850. The summed E-state index contributed by atoms with van der Waals surface area (Å²) in [4.78, 5) is 38.0.